The predicted molar refractivity (Wildman–Crippen MR) is 176 cm³/mol. The summed E-state index contributed by atoms with van der Waals surface area (Å²) in [5, 5.41) is 3.43. The molecule has 1 N–H and O–H groups in total. The Kier molecular flexibility index (Phi) is 10.5. The standard InChI is InChI=1S/C35H38ClN3O4S/c1-26-13-11-12-18-31(26)39(44(42,43)30-21-19-29(36)20-22-30)25-33(40)38(24-28-16-9-6-10-17-28)32(34(41)37-35(2,3)4)23-27-14-7-5-8-15-27/h5-22,32H,23-25H2,1-4H3,(H,37,41)/t32-/m0/s1. The number of anilines is 1. The van der Waals surface area contributed by atoms with Gasteiger partial charge in [-0.15, -0.1) is 0 Å². The Bertz CT molecular complexity index is 1670. The highest BCUT2D eigenvalue weighted by Gasteiger charge is 2.36. The van der Waals surface area contributed by atoms with E-state index >= 15 is 0 Å². The van der Waals surface area contributed by atoms with Gasteiger partial charge in [-0.25, -0.2) is 8.42 Å². The van der Waals surface area contributed by atoms with Gasteiger partial charge in [-0.3, -0.25) is 13.9 Å². The molecule has 0 saturated carbocycles. The van der Waals surface area contributed by atoms with Gasteiger partial charge in [0.1, 0.15) is 12.6 Å². The SMILES string of the molecule is Cc1ccccc1N(CC(=O)N(Cc1ccccc1)[C@@H](Cc1ccccc1)C(=O)NC(C)(C)C)S(=O)(=O)c1ccc(Cl)cc1. The van der Waals surface area contributed by atoms with Crippen LogP contribution in [0.1, 0.15) is 37.5 Å². The Hall–Kier alpha value is -4.14. The molecule has 0 fully saturated rings. The van der Waals surface area contributed by atoms with Crippen LogP contribution in [-0.2, 0) is 32.6 Å². The monoisotopic (exact) mass is 631 g/mol. The average molecular weight is 632 g/mol. The lowest BCUT2D eigenvalue weighted by molar-refractivity contribution is -0.140. The second-order valence-corrected chi connectivity index (χ2v) is 14.0. The van der Waals surface area contributed by atoms with Gasteiger partial charge in [0, 0.05) is 23.5 Å². The summed E-state index contributed by atoms with van der Waals surface area (Å²) in [6.45, 7) is 7.03. The van der Waals surface area contributed by atoms with Gasteiger partial charge in [0.25, 0.3) is 10.0 Å². The second kappa shape index (κ2) is 14.1. The summed E-state index contributed by atoms with van der Waals surface area (Å²) < 4.78 is 29.4. The molecule has 0 aliphatic heterocycles. The molecule has 0 radical (unpaired) electrons. The lowest BCUT2D eigenvalue weighted by Crippen LogP contribution is -2.56. The van der Waals surface area contributed by atoms with Crippen LogP contribution in [0.15, 0.2) is 114 Å². The Morgan fingerprint density at radius 1 is 0.795 bits per heavy atom. The zero-order valence-electron chi connectivity index (χ0n) is 25.4. The maximum Gasteiger partial charge on any atom is 0.264 e. The van der Waals surface area contributed by atoms with Gasteiger partial charge in [0.2, 0.25) is 11.8 Å². The first kappa shape index (κ1) is 32.8. The van der Waals surface area contributed by atoms with Gasteiger partial charge in [-0.2, -0.15) is 0 Å². The third-order valence-corrected chi connectivity index (χ3v) is 9.06. The molecule has 4 aromatic carbocycles. The van der Waals surface area contributed by atoms with E-state index in [9.17, 15) is 18.0 Å². The van der Waals surface area contributed by atoms with Gasteiger partial charge >= 0.3 is 0 Å². The zero-order valence-corrected chi connectivity index (χ0v) is 27.0. The molecule has 0 bridgehead atoms. The van der Waals surface area contributed by atoms with Crippen LogP contribution < -0.4 is 9.62 Å². The minimum absolute atomic E-state index is 0.00104. The van der Waals surface area contributed by atoms with E-state index in [0.29, 0.717) is 16.3 Å². The summed E-state index contributed by atoms with van der Waals surface area (Å²) >= 11 is 6.06. The third-order valence-electron chi connectivity index (χ3n) is 7.03. The van der Waals surface area contributed by atoms with Crippen LogP contribution in [-0.4, -0.2) is 43.3 Å². The van der Waals surface area contributed by atoms with Crippen molar-refractivity contribution in [2.45, 2.75) is 57.1 Å². The first-order valence-electron chi connectivity index (χ1n) is 14.4. The highest BCUT2D eigenvalue weighted by Crippen LogP contribution is 2.28. The quantitative estimate of drug-likeness (QED) is 0.208. The number of hydrogen-bond donors (Lipinski definition) is 1. The van der Waals surface area contributed by atoms with E-state index in [1.54, 1.807) is 25.1 Å². The van der Waals surface area contributed by atoms with Crippen molar-refractivity contribution in [2.75, 3.05) is 10.8 Å². The van der Waals surface area contributed by atoms with Crippen molar-refractivity contribution >= 4 is 39.1 Å². The molecule has 0 saturated heterocycles. The van der Waals surface area contributed by atoms with E-state index < -0.39 is 34.1 Å². The van der Waals surface area contributed by atoms with Crippen molar-refractivity contribution in [3.63, 3.8) is 0 Å². The molecule has 7 nitrogen and oxygen atoms in total. The summed E-state index contributed by atoms with van der Waals surface area (Å²) in [4.78, 5) is 29.9. The molecule has 0 aromatic heterocycles. The van der Waals surface area contributed by atoms with Gasteiger partial charge in [0.15, 0.2) is 0 Å². The fourth-order valence-electron chi connectivity index (χ4n) is 4.88. The minimum atomic E-state index is -4.20. The first-order valence-corrected chi connectivity index (χ1v) is 16.2. The van der Waals surface area contributed by atoms with Crippen molar-refractivity contribution in [1.82, 2.24) is 10.2 Å². The molecular weight excluding hydrogens is 594 g/mol. The Balaban J connectivity index is 1.81. The molecule has 0 aliphatic rings. The number of carbonyl (C=O) groups is 2. The number of carbonyl (C=O) groups excluding carboxylic acids is 2. The molecule has 0 spiro atoms. The molecule has 0 unspecified atom stereocenters. The summed E-state index contributed by atoms with van der Waals surface area (Å²) in [6, 6.07) is 30.8. The number of para-hydroxylation sites is 1. The van der Waals surface area contributed by atoms with Gasteiger partial charge in [-0.1, -0.05) is 90.5 Å². The van der Waals surface area contributed by atoms with E-state index in [2.05, 4.69) is 5.32 Å². The van der Waals surface area contributed by atoms with Crippen molar-refractivity contribution in [3.8, 4) is 0 Å². The summed E-state index contributed by atoms with van der Waals surface area (Å²) in [5.74, 6) is -0.840. The summed E-state index contributed by atoms with van der Waals surface area (Å²) in [5.41, 5.74) is 2.17. The number of sulfonamides is 1. The van der Waals surface area contributed by atoms with E-state index in [1.165, 1.54) is 29.2 Å². The van der Waals surface area contributed by atoms with Crippen molar-refractivity contribution in [2.24, 2.45) is 0 Å². The molecule has 9 heteroatoms. The van der Waals surface area contributed by atoms with Crippen LogP contribution in [0.3, 0.4) is 0 Å². The van der Waals surface area contributed by atoms with Crippen LogP contribution in [0.25, 0.3) is 0 Å². The number of nitrogens with one attached hydrogen (secondary N) is 1. The molecule has 0 heterocycles. The Morgan fingerprint density at radius 3 is 1.91 bits per heavy atom. The van der Waals surface area contributed by atoms with Crippen LogP contribution in [0.5, 0.6) is 0 Å². The molecular formula is C35H38ClN3O4S. The molecule has 2 amide bonds. The highest BCUT2D eigenvalue weighted by atomic mass is 35.5. The van der Waals surface area contributed by atoms with Crippen molar-refractivity contribution in [1.29, 1.82) is 0 Å². The van der Waals surface area contributed by atoms with Crippen molar-refractivity contribution < 1.29 is 18.0 Å². The van der Waals surface area contributed by atoms with Gasteiger partial charge in [-0.05, 0) is 74.7 Å². The number of rotatable bonds is 11. The minimum Gasteiger partial charge on any atom is -0.350 e. The first-order chi connectivity index (χ1) is 20.8. The molecule has 44 heavy (non-hydrogen) atoms. The average Bonchev–Trinajstić information content (AvgIpc) is 2.98. The van der Waals surface area contributed by atoms with E-state index in [4.69, 9.17) is 11.6 Å². The fraction of sp³-hybridized carbons (Fsp3) is 0.257. The number of amides is 2. The normalized spacial score (nSPS) is 12.3. The smallest absolute Gasteiger partial charge is 0.264 e. The predicted octanol–water partition coefficient (Wildman–Crippen LogP) is 6.40. The molecule has 4 rings (SSSR count). The van der Waals surface area contributed by atoms with Crippen LogP contribution in [0.2, 0.25) is 5.02 Å². The van der Waals surface area contributed by atoms with E-state index in [-0.39, 0.29) is 23.8 Å². The number of nitrogens with zero attached hydrogens (tertiary/aromatic N) is 2. The number of hydrogen-bond acceptors (Lipinski definition) is 4. The second-order valence-electron chi connectivity index (χ2n) is 11.7. The molecule has 1 atom stereocenters. The van der Waals surface area contributed by atoms with Crippen LogP contribution in [0.4, 0.5) is 5.69 Å². The van der Waals surface area contributed by atoms with Crippen molar-refractivity contribution in [3.05, 3.63) is 131 Å². The molecule has 0 aliphatic carbocycles. The topological polar surface area (TPSA) is 86.8 Å². The molecule has 230 valence electrons. The number of aryl methyl sites for hydroxylation is 1. The van der Waals surface area contributed by atoms with E-state index in [1.807, 2.05) is 87.5 Å². The number of benzene rings is 4. The highest BCUT2D eigenvalue weighted by molar-refractivity contribution is 7.92. The van der Waals surface area contributed by atoms with Gasteiger partial charge in [0.05, 0.1) is 10.6 Å². The lowest BCUT2D eigenvalue weighted by atomic mass is 10.0. The maximum atomic E-state index is 14.5. The largest absolute Gasteiger partial charge is 0.350 e. The number of halogens is 1. The van der Waals surface area contributed by atoms with Gasteiger partial charge < -0.3 is 10.2 Å². The summed E-state index contributed by atoms with van der Waals surface area (Å²) in [7, 11) is -4.20. The van der Waals surface area contributed by atoms with Crippen LogP contribution in [0, 0.1) is 6.92 Å². The Morgan fingerprint density at radius 2 is 1.34 bits per heavy atom. The Labute approximate surface area is 265 Å². The lowest BCUT2D eigenvalue weighted by Gasteiger charge is -2.35. The summed E-state index contributed by atoms with van der Waals surface area (Å²) in [6.07, 6.45) is 0.246. The maximum absolute atomic E-state index is 14.5. The zero-order chi connectivity index (χ0) is 31.9. The van der Waals surface area contributed by atoms with Crippen LogP contribution >= 0.6 is 11.6 Å². The fourth-order valence-corrected chi connectivity index (χ4v) is 6.48. The third kappa shape index (κ3) is 8.49. The molecule has 4 aromatic rings. The van der Waals surface area contributed by atoms with E-state index in [0.717, 1.165) is 15.4 Å².